The third kappa shape index (κ3) is 2.72. The van der Waals surface area contributed by atoms with Crippen LogP contribution in [0.4, 0.5) is 11.6 Å². The molecule has 1 saturated heterocycles. The summed E-state index contributed by atoms with van der Waals surface area (Å²) in [7, 11) is 0. The first-order valence-electron chi connectivity index (χ1n) is 6.83. The van der Waals surface area contributed by atoms with Crippen molar-refractivity contribution in [2.45, 2.75) is 27.2 Å². The van der Waals surface area contributed by atoms with Gasteiger partial charge in [0.15, 0.2) is 0 Å². The summed E-state index contributed by atoms with van der Waals surface area (Å²) >= 11 is 0. The Labute approximate surface area is 109 Å². The molecule has 5 heteroatoms. The zero-order chi connectivity index (χ0) is 13.0. The Bertz CT molecular complexity index is 399. The van der Waals surface area contributed by atoms with Gasteiger partial charge in [0.1, 0.15) is 17.5 Å². The summed E-state index contributed by atoms with van der Waals surface area (Å²) in [6.45, 7) is 11.3. The van der Waals surface area contributed by atoms with Crippen LogP contribution in [0.25, 0.3) is 0 Å². The SMILES string of the molecule is CCNc1nc(CC)nc(N2CCNCC2)c1C. The molecule has 2 N–H and O–H groups in total. The second-order valence-corrected chi connectivity index (χ2v) is 4.56. The molecule has 1 aromatic heterocycles. The molecular formula is C13H23N5. The molecule has 0 aromatic carbocycles. The van der Waals surface area contributed by atoms with Gasteiger partial charge >= 0.3 is 0 Å². The van der Waals surface area contributed by atoms with Crippen molar-refractivity contribution in [1.82, 2.24) is 15.3 Å². The van der Waals surface area contributed by atoms with Crippen LogP contribution in [0.15, 0.2) is 0 Å². The lowest BCUT2D eigenvalue weighted by Crippen LogP contribution is -2.44. The molecule has 1 aromatic rings. The predicted molar refractivity (Wildman–Crippen MR) is 75.4 cm³/mol. The van der Waals surface area contributed by atoms with Crippen LogP contribution in [0.1, 0.15) is 25.2 Å². The van der Waals surface area contributed by atoms with E-state index in [1.54, 1.807) is 0 Å². The molecular weight excluding hydrogens is 226 g/mol. The van der Waals surface area contributed by atoms with E-state index >= 15 is 0 Å². The number of piperazine rings is 1. The zero-order valence-corrected chi connectivity index (χ0v) is 11.6. The average Bonchev–Trinajstić information content (AvgIpc) is 2.42. The van der Waals surface area contributed by atoms with Crippen molar-refractivity contribution in [3.8, 4) is 0 Å². The Hall–Kier alpha value is -1.36. The van der Waals surface area contributed by atoms with E-state index in [4.69, 9.17) is 4.98 Å². The second kappa shape index (κ2) is 6.00. The highest BCUT2D eigenvalue weighted by Crippen LogP contribution is 2.24. The van der Waals surface area contributed by atoms with Crippen LogP contribution >= 0.6 is 0 Å². The highest BCUT2D eigenvalue weighted by atomic mass is 15.2. The number of aromatic nitrogens is 2. The van der Waals surface area contributed by atoms with E-state index in [-0.39, 0.29) is 0 Å². The molecule has 2 rings (SSSR count). The van der Waals surface area contributed by atoms with Gasteiger partial charge in [-0.3, -0.25) is 0 Å². The number of nitrogens with zero attached hydrogens (tertiary/aromatic N) is 3. The molecule has 0 aliphatic carbocycles. The summed E-state index contributed by atoms with van der Waals surface area (Å²) < 4.78 is 0. The summed E-state index contributed by atoms with van der Waals surface area (Å²) in [6, 6.07) is 0. The highest BCUT2D eigenvalue weighted by Gasteiger charge is 2.17. The predicted octanol–water partition coefficient (Wildman–Crippen LogP) is 1.19. The lowest BCUT2D eigenvalue weighted by molar-refractivity contribution is 0.582. The zero-order valence-electron chi connectivity index (χ0n) is 11.6. The van der Waals surface area contributed by atoms with Crippen molar-refractivity contribution in [3.05, 3.63) is 11.4 Å². The van der Waals surface area contributed by atoms with Crippen molar-refractivity contribution in [2.24, 2.45) is 0 Å². The topological polar surface area (TPSA) is 53.1 Å². The van der Waals surface area contributed by atoms with Gasteiger partial charge in [-0.2, -0.15) is 0 Å². The van der Waals surface area contributed by atoms with E-state index in [2.05, 4.69) is 41.3 Å². The Morgan fingerprint density at radius 1 is 1.22 bits per heavy atom. The first-order valence-corrected chi connectivity index (χ1v) is 6.83. The van der Waals surface area contributed by atoms with Crippen molar-refractivity contribution >= 4 is 11.6 Å². The molecule has 1 fully saturated rings. The lowest BCUT2D eigenvalue weighted by atomic mass is 10.2. The molecule has 0 spiro atoms. The van der Waals surface area contributed by atoms with Crippen molar-refractivity contribution < 1.29 is 0 Å². The van der Waals surface area contributed by atoms with Gasteiger partial charge in [-0.15, -0.1) is 0 Å². The number of hydrogen-bond acceptors (Lipinski definition) is 5. The monoisotopic (exact) mass is 249 g/mol. The van der Waals surface area contributed by atoms with Crippen molar-refractivity contribution in [2.75, 3.05) is 42.9 Å². The van der Waals surface area contributed by atoms with Crippen LogP contribution < -0.4 is 15.5 Å². The summed E-state index contributed by atoms with van der Waals surface area (Å²) in [5, 5.41) is 6.71. The molecule has 1 aliphatic rings. The molecule has 1 aliphatic heterocycles. The summed E-state index contributed by atoms with van der Waals surface area (Å²) in [4.78, 5) is 11.6. The first-order chi connectivity index (χ1) is 8.76. The smallest absolute Gasteiger partial charge is 0.137 e. The van der Waals surface area contributed by atoms with Gasteiger partial charge < -0.3 is 15.5 Å². The maximum absolute atomic E-state index is 4.70. The number of nitrogens with one attached hydrogen (secondary N) is 2. The second-order valence-electron chi connectivity index (χ2n) is 4.56. The maximum atomic E-state index is 4.70. The summed E-state index contributed by atoms with van der Waals surface area (Å²) in [5.41, 5.74) is 1.16. The number of aryl methyl sites for hydroxylation is 1. The molecule has 0 unspecified atom stereocenters. The van der Waals surface area contributed by atoms with Crippen LogP contribution in [0, 0.1) is 6.92 Å². The van der Waals surface area contributed by atoms with Gasteiger partial charge in [0.2, 0.25) is 0 Å². The van der Waals surface area contributed by atoms with E-state index in [0.717, 1.165) is 62.2 Å². The minimum Gasteiger partial charge on any atom is -0.370 e. The normalized spacial score (nSPS) is 15.8. The number of rotatable bonds is 4. The highest BCUT2D eigenvalue weighted by molar-refractivity contribution is 5.58. The van der Waals surface area contributed by atoms with E-state index in [1.165, 1.54) is 0 Å². The molecule has 18 heavy (non-hydrogen) atoms. The van der Waals surface area contributed by atoms with Gasteiger partial charge in [0.25, 0.3) is 0 Å². The Morgan fingerprint density at radius 3 is 2.56 bits per heavy atom. The van der Waals surface area contributed by atoms with E-state index in [1.807, 2.05) is 0 Å². The lowest BCUT2D eigenvalue weighted by Gasteiger charge is -2.30. The van der Waals surface area contributed by atoms with Crippen LogP contribution in [0.3, 0.4) is 0 Å². The van der Waals surface area contributed by atoms with E-state index in [9.17, 15) is 0 Å². The maximum Gasteiger partial charge on any atom is 0.137 e. The fourth-order valence-corrected chi connectivity index (χ4v) is 2.23. The third-order valence-corrected chi connectivity index (χ3v) is 3.24. The molecule has 0 radical (unpaired) electrons. The van der Waals surface area contributed by atoms with Gasteiger partial charge in [-0.1, -0.05) is 6.92 Å². The Balaban J connectivity index is 2.34. The number of anilines is 2. The van der Waals surface area contributed by atoms with E-state index < -0.39 is 0 Å². The van der Waals surface area contributed by atoms with Crippen LogP contribution in [0.5, 0.6) is 0 Å². The molecule has 5 nitrogen and oxygen atoms in total. The van der Waals surface area contributed by atoms with Crippen LogP contribution in [-0.2, 0) is 6.42 Å². The largest absolute Gasteiger partial charge is 0.370 e. The number of hydrogen-bond donors (Lipinski definition) is 2. The first kappa shape index (κ1) is 13.1. The van der Waals surface area contributed by atoms with Gasteiger partial charge in [-0.25, -0.2) is 9.97 Å². The summed E-state index contributed by atoms with van der Waals surface area (Å²) in [6.07, 6.45) is 0.873. The molecule has 0 amide bonds. The molecule has 2 heterocycles. The molecule has 0 bridgehead atoms. The van der Waals surface area contributed by atoms with Gasteiger partial charge in [0, 0.05) is 44.7 Å². The third-order valence-electron chi connectivity index (χ3n) is 3.24. The van der Waals surface area contributed by atoms with Gasteiger partial charge in [-0.05, 0) is 13.8 Å². The molecule has 0 atom stereocenters. The minimum atomic E-state index is 0.873. The summed E-state index contributed by atoms with van der Waals surface area (Å²) in [5.74, 6) is 3.00. The molecule has 0 saturated carbocycles. The average molecular weight is 249 g/mol. The minimum absolute atomic E-state index is 0.873. The quantitative estimate of drug-likeness (QED) is 0.839. The van der Waals surface area contributed by atoms with Gasteiger partial charge in [0.05, 0.1) is 0 Å². The fourth-order valence-electron chi connectivity index (χ4n) is 2.23. The van der Waals surface area contributed by atoms with Crippen LogP contribution in [-0.4, -0.2) is 42.7 Å². The molecule has 100 valence electrons. The fraction of sp³-hybridized carbons (Fsp3) is 0.692. The standard InChI is InChI=1S/C13H23N5/c1-4-11-16-12(15-5-2)10(3)13(17-11)18-8-6-14-7-9-18/h14H,4-9H2,1-3H3,(H,15,16,17). The van der Waals surface area contributed by atoms with E-state index in [0.29, 0.717) is 0 Å². The van der Waals surface area contributed by atoms with Crippen molar-refractivity contribution in [1.29, 1.82) is 0 Å². The Kier molecular flexibility index (Phi) is 4.36. The van der Waals surface area contributed by atoms with Crippen molar-refractivity contribution in [3.63, 3.8) is 0 Å². The Morgan fingerprint density at radius 2 is 1.94 bits per heavy atom. The van der Waals surface area contributed by atoms with Crippen LogP contribution in [0.2, 0.25) is 0 Å².